The summed E-state index contributed by atoms with van der Waals surface area (Å²) in [5.74, 6) is -2.10. The lowest BCUT2D eigenvalue weighted by atomic mass is 10.1. The van der Waals surface area contributed by atoms with Gasteiger partial charge in [0.2, 0.25) is 0 Å². The fourth-order valence-corrected chi connectivity index (χ4v) is 4.75. The Labute approximate surface area is 310 Å². The third-order valence-corrected chi connectivity index (χ3v) is 7.79. The second-order valence-corrected chi connectivity index (χ2v) is 13.9. The molecule has 0 heterocycles. The summed E-state index contributed by atoms with van der Waals surface area (Å²) in [6.45, 7) is 4.63. The van der Waals surface area contributed by atoms with Crippen LogP contribution in [0.4, 0.5) is 0 Å². The Bertz CT molecular complexity index is 1020. The van der Waals surface area contributed by atoms with Crippen molar-refractivity contribution in [2.75, 3.05) is 47.5 Å². The molecule has 51 heavy (non-hydrogen) atoms. The van der Waals surface area contributed by atoms with Crippen molar-refractivity contribution in [1.82, 2.24) is 0 Å². The van der Waals surface area contributed by atoms with Crippen molar-refractivity contribution in [2.45, 2.75) is 142 Å². The van der Waals surface area contributed by atoms with E-state index >= 15 is 0 Å². The molecule has 0 radical (unpaired) electrons. The summed E-state index contributed by atoms with van der Waals surface area (Å²) in [5, 5.41) is 9.58. The van der Waals surface area contributed by atoms with Crippen molar-refractivity contribution >= 4 is 17.9 Å². The average molecular weight is 719 g/mol. The third-order valence-electron chi connectivity index (χ3n) is 7.79. The molecule has 0 aliphatic rings. The highest BCUT2D eigenvalue weighted by Crippen LogP contribution is 2.12. The molecule has 0 saturated heterocycles. The number of rotatable bonds is 34. The van der Waals surface area contributed by atoms with E-state index in [1.54, 1.807) is 0 Å². The van der Waals surface area contributed by atoms with E-state index in [0.29, 0.717) is 17.4 Å². The van der Waals surface area contributed by atoms with Crippen LogP contribution in [0.2, 0.25) is 0 Å². The number of carboxylic acid groups (broad SMARTS) is 1. The fourth-order valence-electron chi connectivity index (χ4n) is 4.75. The lowest BCUT2D eigenvalue weighted by Gasteiger charge is -2.25. The van der Waals surface area contributed by atoms with Crippen molar-refractivity contribution in [1.29, 1.82) is 0 Å². The average Bonchev–Trinajstić information content (AvgIpc) is 3.08. The number of nitrogens with zero attached hydrogens (tertiary/aromatic N) is 1. The van der Waals surface area contributed by atoms with Crippen LogP contribution in [0.15, 0.2) is 60.8 Å². The first-order chi connectivity index (χ1) is 24.6. The molecule has 9 nitrogen and oxygen atoms in total. The molecule has 0 aromatic rings. The van der Waals surface area contributed by atoms with Gasteiger partial charge in [0.1, 0.15) is 13.2 Å². The minimum atomic E-state index is -1.52. The number of hydrogen-bond donors (Lipinski definition) is 1. The summed E-state index contributed by atoms with van der Waals surface area (Å²) in [6.07, 6.45) is 35.8. The van der Waals surface area contributed by atoms with E-state index in [2.05, 4.69) is 68.5 Å². The Morgan fingerprint density at radius 1 is 0.608 bits per heavy atom. The van der Waals surface area contributed by atoms with Gasteiger partial charge in [-0.1, -0.05) is 126 Å². The first-order valence-electron chi connectivity index (χ1n) is 19.5. The molecule has 0 saturated carbocycles. The van der Waals surface area contributed by atoms with Crippen LogP contribution in [-0.4, -0.2) is 87.4 Å². The molecular formula is C42H72NO8+. The number of quaternary nitrogens is 1. The molecule has 2 unspecified atom stereocenters. The van der Waals surface area contributed by atoms with Crippen molar-refractivity contribution < 1.29 is 42.9 Å². The van der Waals surface area contributed by atoms with Crippen LogP contribution < -0.4 is 0 Å². The zero-order valence-electron chi connectivity index (χ0n) is 32.7. The number of aliphatic carboxylic acids is 1. The molecule has 0 rings (SSSR count). The molecule has 0 bridgehead atoms. The predicted molar refractivity (Wildman–Crippen MR) is 207 cm³/mol. The largest absolute Gasteiger partial charge is 0.477 e. The normalized spacial score (nSPS) is 13.7. The predicted octanol–water partition coefficient (Wildman–Crippen LogP) is 9.43. The zero-order valence-corrected chi connectivity index (χ0v) is 32.7. The molecule has 0 aromatic heterocycles. The monoisotopic (exact) mass is 719 g/mol. The maximum Gasteiger partial charge on any atom is 0.361 e. The van der Waals surface area contributed by atoms with Crippen LogP contribution in [-0.2, 0) is 33.3 Å². The molecule has 0 spiro atoms. The lowest BCUT2D eigenvalue weighted by Crippen LogP contribution is -2.40. The van der Waals surface area contributed by atoms with Gasteiger partial charge in [0, 0.05) is 12.8 Å². The van der Waals surface area contributed by atoms with Crippen LogP contribution in [0.1, 0.15) is 129 Å². The van der Waals surface area contributed by atoms with Crippen LogP contribution >= 0.6 is 0 Å². The summed E-state index contributed by atoms with van der Waals surface area (Å²) in [5.41, 5.74) is 0. The summed E-state index contributed by atoms with van der Waals surface area (Å²) in [7, 11) is 5.92. The number of likely N-dealkylation sites (N-methyl/N-ethyl adjacent to an activating group) is 1. The number of carboxylic acids is 1. The molecule has 0 fully saturated rings. The highest BCUT2D eigenvalue weighted by molar-refractivity contribution is 5.71. The van der Waals surface area contributed by atoms with Crippen LogP contribution in [0.25, 0.3) is 0 Å². The second-order valence-electron chi connectivity index (χ2n) is 13.9. The lowest BCUT2D eigenvalue weighted by molar-refractivity contribution is -0.870. The van der Waals surface area contributed by atoms with Gasteiger partial charge < -0.3 is 28.5 Å². The molecule has 0 amide bonds. The van der Waals surface area contributed by atoms with Crippen LogP contribution in [0, 0.1) is 0 Å². The Balaban J connectivity index is 4.64. The first-order valence-corrected chi connectivity index (χ1v) is 19.5. The summed E-state index contributed by atoms with van der Waals surface area (Å²) < 4.78 is 22.5. The van der Waals surface area contributed by atoms with Gasteiger partial charge in [-0.3, -0.25) is 9.59 Å². The zero-order chi connectivity index (χ0) is 37.8. The van der Waals surface area contributed by atoms with Crippen LogP contribution in [0.3, 0.4) is 0 Å². The summed E-state index contributed by atoms with van der Waals surface area (Å²) >= 11 is 0. The number of unbranched alkanes of at least 4 members (excludes halogenated alkanes) is 9. The highest BCUT2D eigenvalue weighted by atomic mass is 16.7. The van der Waals surface area contributed by atoms with E-state index in [1.165, 1.54) is 38.5 Å². The van der Waals surface area contributed by atoms with E-state index in [1.807, 2.05) is 27.2 Å². The van der Waals surface area contributed by atoms with Crippen molar-refractivity contribution in [2.24, 2.45) is 0 Å². The Kier molecular flexibility index (Phi) is 32.1. The smallest absolute Gasteiger partial charge is 0.361 e. The van der Waals surface area contributed by atoms with E-state index in [-0.39, 0.29) is 38.6 Å². The van der Waals surface area contributed by atoms with E-state index in [9.17, 15) is 19.5 Å². The quantitative estimate of drug-likeness (QED) is 0.0231. The van der Waals surface area contributed by atoms with Gasteiger partial charge in [-0.05, 0) is 51.4 Å². The van der Waals surface area contributed by atoms with Gasteiger partial charge in [-0.25, -0.2) is 4.79 Å². The van der Waals surface area contributed by atoms with Gasteiger partial charge in [0.05, 0.1) is 34.4 Å². The number of allylic oxidation sites excluding steroid dienone is 10. The van der Waals surface area contributed by atoms with Gasteiger partial charge >= 0.3 is 17.9 Å². The first kappa shape index (κ1) is 48.0. The molecule has 292 valence electrons. The maximum atomic E-state index is 12.7. The third kappa shape index (κ3) is 35.2. The Morgan fingerprint density at radius 2 is 1.12 bits per heavy atom. The molecule has 9 heteroatoms. The van der Waals surface area contributed by atoms with E-state index < -0.39 is 24.3 Å². The fraction of sp³-hybridized carbons (Fsp3) is 0.690. The van der Waals surface area contributed by atoms with E-state index in [0.717, 1.165) is 57.8 Å². The van der Waals surface area contributed by atoms with E-state index in [4.69, 9.17) is 18.9 Å². The standard InChI is InChI=1S/C42H71NO8/c1-6-8-10-12-14-16-17-18-19-20-21-22-23-25-27-29-31-33-40(45)51-38(37-50-42(41(46)47)48-35-34-43(3,4)5)36-49-39(44)32-30-28-26-24-15-13-11-9-7-2/h8,10,14,16,18-19,21-22,25,27,38,42H,6-7,9,11-13,15,17,20,23-24,26,28-37H2,1-5H3/p+1/b10-8-,16-14-,19-18-,22-21-,27-25-. The second kappa shape index (κ2) is 34.1. The Morgan fingerprint density at radius 3 is 1.65 bits per heavy atom. The van der Waals surface area contributed by atoms with Gasteiger partial charge in [-0.15, -0.1) is 0 Å². The highest BCUT2D eigenvalue weighted by Gasteiger charge is 2.25. The van der Waals surface area contributed by atoms with Crippen molar-refractivity contribution in [3.8, 4) is 0 Å². The molecule has 0 aliphatic carbocycles. The minimum absolute atomic E-state index is 0.175. The van der Waals surface area contributed by atoms with Gasteiger partial charge in [0.15, 0.2) is 6.10 Å². The minimum Gasteiger partial charge on any atom is -0.477 e. The van der Waals surface area contributed by atoms with Crippen molar-refractivity contribution in [3.63, 3.8) is 0 Å². The van der Waals surface area contributed by atoms with Gasteiger partial charge in [-0.2, -0.15) is 0 Å². The number of carbonyl (C=O) groups excluding carboxylic acids is 2. The molecule has 0 aromatic carbocycles. The number of hydrogen-bond acceptors (Lipinski definition) is 7. The Hall–Kier alpha value is -3.01. The molecular weight excluding hydrogens is 646 g/mol. The molecule has 1 N–H and O–H groups in total. The maximum absolute atomic E-state index is 12.7. The van der Waals surface area contributed by atoms with Crippen LogP contribution in [0.5, 0.6) is 0 Å². The number of ether oxygens (including phenoxy) is 4. The topological polar surface area (TPSA) is 108 Å². The SMILES string of the molecule is CC/C=C\C/C=C\C/C=C\C/C=C\C/C=C\CCCC(=O)OC(COC(=O)CCCCCCCCCCC)COC(OCC[N+](C)(C)C)C(=O)O. The summed E-state index contributed by atoms with van der Waals surface area (Å²) in [4.78, 5) is 36.8. The number of esters is 2. The molecule has 2 atom stereocenters. The molecule has 0 aliphatic heterocycles. The van der Waals surface area contributed by atoms with Crippen molar-refractivity contribution in [3.05, 3.63) is 60.8 Å². The van der Waals surface area contributed by atoms with Gasteiger partial charge in [0.25, 0.3) is 6.29 Å². The number of carbonyl (C=O) groups is 3. The summed E-state index contributed by atoms with van der Waals surface area (Å²) in [6, 6.07) is 0.